The van der Waals surface area contributed by atoms with Crippen molar-refractivity contribution in [2.45, 2.75) is 39.2 Å². The molecule has 1 atom stereocenters. The number of aryl methyl sites for hydroxylation is 1. The monoisotopic (exact) mass is 305 g/mol. The van der Waals surface area contributed by atoms with E-state index in [1.165, 1.54) is 37.7 Å². The van der Waals surface area contributed by atoms with Gasteiger partial charge in [0.1, 0.15) is 21.9 Å². The number of nitrogens with zero attached hydrogens (tertiary/aromatic N) is 3. The second-order valence-corrected chi connectivity index (χ2v) is 6.46. The maximum Gasteiger partial charge on any atom is 0.348 e. The summed E-state index contributed by atoms with van der Waals surface area (Å²) in [6, 6.07) is 0.470. The van der Waals surface area contributed by atoms with E-state index in [1.54, 1.807) is 6.33 Å². The van der Waals surface area contributed by atoms with Crippen LogP contribution in [0, 0.1) is 6.92 Å². The van der Waals surface area contributed by atoms with E-state index in [4.69, 9.17) is 4.74 Å². The third-order valence-corrected chi connectivity index (χ3v) is 5.33. The van der Waals surface area contributed by atoms with Crippen LogP contribution >= 0.6 is 11.3 Å². The van der Waals surface area contributed by atoms with Crippen molar-refractivity contribution < 1.29 is 9.53 Å². The predicted octanol–water partition coefficient (Wildman–Crippen LogP) is 3.17. The van der Waals surface area contributed by atoms with Crippen LogP contribution in [0.4, 0.5) is 5.82 Å². The van der Waals surface area contributed by atoms with Crippen LogP contribution < -0.4 is 4.90 Å². The molecule has 0 aliphatic carbocycles. The first-order valence-corrected chi connectivity index (χ1v) is 8.04. The SMILES string of the molecule is COC(=O)c1sc2ncnc(N3CCCCC3C)c2c1C. The van der Waals surface area contributed by atoms with Gasteiger partial charge < -0.3 is 9.64 Å². The van der Waals surface area contributed by atoms with Gasteiger partial charge in [0.05, 0.1) is 12.5 Å². The van der Waals surface area contributed by atoms with E-state index in [9.17, 15) is 4.79 Å². The summed E-state index contributed by atoms with van der Waals surface area (Å²) in [5.41, 5.74) is 0.926. The van der Waals surface area contributed by atoms with E-state index in [-0.39, 0.29) is 5.97 Å². The van der Waals surface area contributed by atoms with Crippen LogP contribution in [0.1, 0.15) is 41.4 Å². The first kappa shape index (κ1) is 14.3. The van der Waals surface area contributed by atoms with Crippen molar-refractivity contribution in [3.63, 3.8) is 0 Å². The number of ether oxygens (including phenoxy) is 1. The minimum atomic E-state index is -0.298. The van der Waals surface area contributed by atoms with Gasteiger partial charge in [0, 0.05) is 12.6 Å². The number of methoxy groups -OCH3 is 1. The van der Waals surface area contributed by atoms with Gasteiger partial charge in [0.2, 0.25) is 0 Å². The van der Waals surface area contributed by atoms with Crippen LogP contribution in [0.15, 0.2) is 6.33 Å². The first-order chi connectivity index (χ1) is 10.1. The number of hydrogen-bond donors (Lipinski definition) is 0. The third kappa shape index (κ3) is 2.37. The Hall–Kier alpha value is -1.69. The molecule has 0 saturated carbocycles. The molecular formula is C15H19N3O2S. The molecule has 2 aromatic heterocycles. The fourth-order valence-corrected chi connectivity index (χ4v) is 4.03. The van der Waals surface area contributed by atoms with E-state index >= 15 is 0 Å². The van der Waals surface area contributed by atoms with Crippen LogP contribution in [0.25, 0.3) is 10.2 Å². The number of piperidine rings is 1. The maximum atomic E-state index is 11.9. The Labute approximate surface area is 128 Å². The Morgan fingerprint density at radius 2 is 2.24 bits per heavy atom. The molecule has 3 rings (SSSR count). The van der Waals surface area contributed by atoms with Crippen LogP contribution in [-0.4, -0.2) is 35.6 Å². The molecule has 1 fully saturated rings. The molecule has 1 aliphatic heterocycles. The topological polar surface area (TPSA) is 55.3 Å². The molecule has 0 amide bonds. The maximum absolute atomic E-state index is 11.9. The number of thiophene rings is 1. The smallest absolute Gasteiger partial charge is 0.348 e. The summed E-state index contributed by atoms with van der Waals surface area (Å²) in [6.45, 7) is 5.19. The van der Waals surface area contributed by atoms with Crippen molar-refractivity contribution >= 4 is 33.3 Å². The van der Waals surface area contributed by atoms with Crippen LogP contribution in [-0.2, 0) is 4.74 Å². The molecule has 0 spiro atoms. The van der Waals surface area contributed by atoms with Crippen molar-refractivity contribution in [1.29, 1.82) is 0 Å². The molecule has 0 bridgehead atoms. The van der Waals surface area contributed by atoms with Gasteiger partial charge in [-0.2, -0.15) is 0 Å². The Balaban J connectivity index is 2.15. The van der Waals surface area contributed by atoms with Gasteiger partial charge in [-0.25, -0.2) is 14.8 Å². The largest absolute Gasteiger partial charge is 0.465 e. The number of fused-ring (bicyclic) bond motifs is 1. The summed E-state index contributed by atoms with van der Waals surface area (Å²) in [5, 5.41) is 0.997. The quantitative estimate of drug-likeness (QED) is 0.798. The number of anilines is 1. The minimum absolute atomic E-state index is 0.298. The number of carbonyl (C=O) groups is 1. The van der Waals surface area contributed by atoms with Gasteiger partial charge in [0.15, 0.2) is 0 Å². The Morgan fingerprint density at radius 3 is 2.95 bits per heavy atom. The molecule has 3 heterocycles. The Kier molecular flexibility index (Phi) is 3.80. The molecule has 112 valence electrons. The molecule has 1 aliphatic rings. The zero-order valence-electron chi connectivity index (χ0n) is 12.5. The average molecular weight is 305 g/mol. The molecule has 2 aromatic rings. The number of hydrogen-bond acceptors (Lipinski definition) is 6. The number of rotatable bonds is 2. The highest BCUT2D eigenvalue weighted by atomic mass is 32.1. The molecule has 1 unspecified atom stereocenters. The first-order valence-electron chi connectivity index (χ1n) is 7.22. The van der Waals surface area contributed by atoms with Gasteiger partial charge in [0.25, 0.3) is 0 Å². The molecule has 0 N–H and O–H groups in total. The lowest BCUT2D eigenvalue weighted by Gasteiger charge is -2.34. The van der Waals surface area contributed by atoms with E-state index in [2.05, 4.69) is 21.8 Å². The Morgan fingerprint density at radius 1 is 1.43 bits per heavy atom. The molecule has 6 heteroatoms. The average Bonchev–Trinajstić information content (AvgIpc) is 2.84. The fraction of sp³-hybridized carbons (Fsp3) is 0.533. The van der Waals surface area contributed by atoms with Gasteiger partial charge in [-0.1, -0.05) is 0 Å². The standard InChI is InChI=1S/C15H19N3O2S/c1-9-6-4-5-7-18(9)13-11-10(2)12(15(19)20-3)21-14(11)17-8-16-13/h8-9H,4-7H2,1-3H3. The summed E-state index contributed by atoms with van der Waals surface area (Å²) in [4.78, 5) is 24.5. The van der Waals surface area contributed by atoms with Crippen molar-refractivity contribution in [2.75, 3.05) is 18.6 Å². The van der Waals surface area contributed by atoms with Crippen molar-refractivity contribution in [1.82, 2.24) is 9.97 Å². The normalized spacial score (nSPS) is 19.0. The van der Waals surface area contributed by atoms with Gasteiger partial charge in [-0.15, -0.1) is 11.3 Å². The summed E-state index contributed by atoms with van der Waals surface area (Å²) in [5.74, 6) is 0.657. The molecule has 0 aromatic carbocycles. The van der Waals surface area contributed by atoms with Crippen LogP contribution in [0.2, 0.25) is 0 Å². The highest BCUT2D eigenvalue weighted by molar-refractivity contribution is 7.20. The molecule has 21 heavy (non-hydrogen) atoms. The van der Waals surface area contributed by atoms with Gasteiger partial charge in [-0.3, -0.25) is 0 Å². The number of carbonyl (C=O) groups excluding carboxylic acids is 1. The molecule has 5 nitrogen and oxygen atoms in total. The molecule has 0 radical (unpaired) electrons. The Bertz CT molecular complexity index is 683. The van der Waals surface area contributed by atoms with Crippen molar-refractivity contribution in [3.8, 4) is 0 Å². The van der Waals surface area contributed by atoms with Gasteiger partial charge >= 0.3 is 5.97 Å². The molecule has 1 saturated heterocycles. The number of esters is 1. The number of aromatic nitrogens is 2. The van der Waals surface area contributed by atoms with Crippen molar-refractivity contribution in [2.24, 2.45) is 0 Å². The van der Waals surface area contributed by atoms with Crippen LogP contribution in [0.5, 0.6) is 0 Å². The van der Waals surface area contributed by atoms with E-state index in [0.717, 1.165) is 28.1 Å². The summed E-state index contributed by atoms with van der Waals surface area (Å²) in [6.07, 6.45) is 5.22. The van der Waals surface area contributed by atoms with Crippen LogP contribution in [0.3, 0.4) is 0 Å². The second kappa shape index (κ2) is 5.60. The highest BCUT2D eigenvalue weighted by Crippen LogP contribution is 2.37. The van der Waals surface area contributed by atoms with E-state index < -0.39 is 0 Å². The lowest BCUT2D eigenvalue weighted by atomic mass is 10.0. The van der Waals surface area contributed by atoms with Crippen molar-refractivity contribution in [3.05, 3.63) is 16.8 Å². The lowest BCUT2D eigenvalue weighted by Crippen LogP contribution is -2.38. The summed E-state index contributed by atoms with van der Waals surface area (Å²) >= 11 is 1.38. The second-order valence-electron chi connectivity index (χ2n) is 5.46. The highest BCUT2D eigenvalue weighted by Gasteiger charge is 2.25. The zero-order chi connectivity index (χ0) is 15.0. The fourth-order valence-electron chi connectivity index (χ4n) is 2.97. The summed E-state index contributed by atoms with van der Waals surface area (Å²) < 4.78 is 4.86. The summed E-state index contributed by atoms with van der Waals surface area (Å²) in [7, 11) is 1.41. The lowest BCUT2D eigenvalue weighted by molar-refractivity contribution is 0.0605. The zero-order valence-corrected chi connectivity index (χ0v) is 13.4. The predicted molar refractivity (Wildman–Crippen MR) is 84.2 cm³/mol. The van der Waals surface area contributed by atoms with Gasteiger partial charge in [-0.05, 0) is 38.7 Å². The third-order valence-electron chi connectivity index (χ3n) is 4.15. The van der Waals surface area contributed by atoms with E-state index in [0.29, 0.717) is 10.9 Å². The molecular weight excluding hydrogens is 286 g/mol. The minimum Gasteiger partial charge on any atom is -0.465 e. The van der Waals surface area contributed by atoms with E-state index in [1.807, 2.05) is 6.92 Å².